The van der Waals surface area contributed by atoms with E-state index in [0.717, 1.165) is 22.5 Å². The Morgan fingerprint density at radius 2 is 2.07 bits per heavy atom. The maximum atomic E-state index is 12.8. The highest BCUT2D eigenvalue weighted by Crippen LogP contribution is 2.29. The molecule has 0 saturated carbocycles. The highest BCUT2D eigenvalue weighted by atomic mass is 32.2. The lowest BCUT2D eigenvalue weighted by molar-refractivity contribution is -0.119. The van der Waals surface area contributed by atoms with Crippen LogP contribution in [-0.4, -0.2) is 41.4 Å². The van der Waals surface area contributed by atoms with E-state index in [0.29, 0.717) is 31.7 Å². The quantitative estimate of drug-likeness (QED) is 0.642. The van der Waals surface area contributed by atoms with Crippen LogP contribution < -0.4 is 5.32 Å². The largest absolute Gasteiger partial charge is 0.407 e. The van der Waals surface area contributed by atoms with Gasteiger partial charge < -0.3 is 4.42 Å². The predicted molar refractivity (Wildman–Crippen MR) is 108 cm³/mol. The topological polar surface area (TPSA) is 105 Å². The fourth-order valence-electron chi connectivity index (χ4n) is 3.26. The van der Waals surface area contributed by atoms with Gasteiger partial charge in [0, 0.05) is 6.54 Å². The van der Waals surface area contributed by atoms with Crippen LogP contribution in [0.1, 0.15) is 29.9 Å². The summed E-state index contributed by atoms with van der Waals surface area (Å²) in [6.45, 7) is 2.32. The number of amides is 1. The van der Waals surface area contributed by atoms with Crippen LogP contribution in [0.4, 0.5) is 6.01 Å². The molecule has 0 bridgehead atoms. The van der Waals surface area contributed by atoms with Crippen molar-refractivity contribution in [3.8, 4) is 0 Å². The van der Waals surface area contributed by atoms with E-state index in [4.69, 9.17) is 4.42 Å². The van der Waals surface area contributed by atoms with Crippen molar-refractivity contribution in [2.24, 2.45) is 0 Å². The number of nitrogens with zero attached hydrogens (tertiary/aromatic N) is 3. The third-order valence-corrected chi connectivity index (χ3v) is 8.02. The summed E-state index contributed by atoms with van der Waals surface area (Å²) >= 11 is 1.14. The second kappa shape index (κ2) is 8.05. The van der Waals surface area contributed by atoms with Crippen LogP contribution in [0, 0.1) is 6.92 Å². The van der Waals surface area contributed by atoms with Crippen LogP contribution in [0.25, 0.3) is 0 Å². The summed E-state index contributed by atoms with van der Waals surface area (Å²) < 4.78 is 32.6. The second-order valence-corrected chi connectivity index (χ2v) is 9.92. The molecule has 1 N–H and O–H groups in total. The van der Waals surface area contributed by atoms with Gasteiger partial charge in [-0.1, -0.05) is 41.0 Å². The van der Waals surface area contributed by atoms with Gasteiger partial charge in [0.2, 0.25) is 11.8 Å². The van der Waals surface area contributed by atoms with Crippen LogP contribution in [0.15, 0.2) is 50.4 Å². The number of nitrogens with one attached hydrogen (secondary N) is 1. The molecule has 3 heterocycles. The number of hydrogen-bond acceptors (Lipinski definition) is 7. The van der Waals surface area contributed by atoms with Crippen LogP contribution in [-0.2, 0) is 21.2 Å². The molecule has 0 aliphatic carbocycles. The number of benzene rings is 1. The first-order chi connectivity index (χ1) is 13.9. The molecule has 1 unspecified atom stereocenters. The van der Waals surface area contributed by atoms with Crippen molar-refractivity contribution in [3.63, 3.8) is 0 Å². The minimum atomic E-state index is -3.70. The zero-order valence-electron chi connectivity index (χ0n) is 15.7. The predicted octanol–water partition coefficient (Wildman–Crippen LogP) is 2.82. The Labute approximate surface area is 172 Å². The van der Waals surface area contributed by atoms with E-state index >= 15 is 0 Å². The third-order valence-electron chi connectivity index (χ3n) is 4.74. The first-order valence-corrected chi connectivity index (χ1v) is 11.5. The number of hydrogen-bond donors (Lipinski definition) is 1. The van der Waals surface area contributed by atoms with Gasteiger partial charge in [-0.25, -0.2) is 8.42 Å². The molecule has 29 heavy (non-hydrogen) atoms. The number of aromatic nitrogens is 2. The highest BCUT2D eigenvalue weighted by Gasteiger charge is 2.40. The Morgan fingerprint density at radius 3 is 2.79 bits per heavy atom. The number of rotatable bonds is 6. The molecule has 8 nitrogen and oxygen atoms in total. The van der Waals surface area contributed by atoms with Gasteiger partial charge in [-0.05, 0) is 36.8 Å². The van der Waals surface area contributed by atoms with Crippen LogP contribution in [0.5, 0.6) is 0 Å². The van der Waals surface area contributed by atoms with Crippen molar-refractivity contribution in [1.29, 1.82) is 0 Å². The van der Waals surface area contributed by atoms with E-state index in [2.05, 4.69) is 15.5 Å². The summed E-state index contributed by atoms with van der Waals surface area (Å²) in [7, 11) is -3.70. The van der Waals surface area contributed by atoms with E-state index in [9.17, 15) is 13.2 Å². The maximum absolute atomic E-state index is 12.8. The third kappa shape index (κ3) is 4.24. The Bertz CT molecular complexity index is 1090. The summed E-state index contributed by atoms with van der Waals surface area (Å²) in [4.78, 5) is 12.7. The van der Waals surface area contributed by atoms with Crippen molar-refractivity contribution < 1.29 is 17.6 Å². The number of aryl methyl sites for hydroxylation is 1. The van der Waals surface area contributed by atoms with Gasteiger partial charge in [0.1, 0.15) is 10.3 Å². The smallest absolute Gasteiger partial charge is 0.322 e. The molecular formula is C19H20N4O4S2. The van der Waals surface area contributed by atoms with E-state index in [1.165, 1.54) is 4.31 Å². The molecule has 1 saturated heterocycles. The molecule has 2 aromatic heterocycles. The normalized spacial score (nSPS) is 17.5. The maximum Gasteiger partial charge on any atom is 0.322 e. The van der Waals surface area contributed by atoms with Gasteiger partial charge in [0.15, 0.2) is 0 Å². The Balaban J connectivity index is 1.44. The van der Waals surface area contributed by atoms with Crippen LogP contribution in [0.2, 0.25) is 0 Å². The zero-order valence-corrected chi connectivity index (χ0v) is 17.4. The minimum Gasteiger partial charge on any atom is -0.407 e. The van der Waals surface area contributed by atoms with Gasteiger partial charge in [-0.2, -0.15) is 4.31 Å². The SMILES string of the molecule is Cc1ccc(Cc2nnc(NC(=O)C3CCCN3S(=O)(=O)c3cccs3)o2)cc1. The molecule has 1 fully saturated rings. The average molecular weight is 433 g/mol. The molecule has 1 aliphatic heterocycles. The molecule has 1 amide bonds. The molecule has 10 heteroatoms. The minimum absolute atomic E-state index is 0.0301. The van der Waals surface area contributed by atoms with Crippen molar-refractivity contribution in [1.82, 2.24) is 14.5 Å². The van der Waals surface area contributed by atoms with Gasteiger partial charge in [0.05, 0.1) is 6.42 Å². The summed E-state index contributed by atoms with van der Waals surface area (Å²) in [5.74, 6) is -0.0909. The van der Waals surface area contributed by atoms with Crippen molar-refractivity contribution >= 4 is 33.3 Å². The summed E-state index contributed by atoms with van der Waals surface area (Å²) in [6, 6.07) is 10.3. The summed E-state index contributed by atoms with van der Waals surface area (Å²) in [5.41, 5.74) is 2.17. The lowest BCUT2D eigenvalue weighted by atomic mass is 10.1. The monoisotopic (exact) mass is 432 g/mol. The first kappa shape index (κ1) is 19.7. The fourth-order valence-corrected chi connectivity index (χ4v) is 6.04. The second-order valence-electron chi connectivity index (χ2n) is 6.86. The molecule has 1 aromatic carbocycles. The number of carbonyl (C=O) groups is 1. The molecule has 0 spiro atoms. The fraction of sp³-hybridized carbons (Fsp3) is 0.316. The Morgan fingerprint density at radius 1 is 1.28 bits per heavy atom. The number of carbonyl (C=O) groups excluding carboxylic acids is 1. The van der Waals surface area contributed by atoms with Crippen molar-refractivity contribution in [2.75, 3.05) is 11.9 Å². The molecule has 4 rings (SSSR count). The molecule has 1 atom stereocenters. The van der Waals surface area contributed by atoms with E-state index < -0.39 is 22.0 Å². The number of thiophene rings is 1. The van der Waals surface area contributed by atoms with Crippen LogP contribution >= 0.6 is 11.3 Å². The van der Waals surface area contributed by atoms with Crippen LogP contribution in [0.3, 0.4) is 0 Å². The van der Waals surface area contributed by atoms with E-state index in [1.807, 2.05) is 31.2 Å². The van der Waals surface area contributed by atoms with E-state index in [1.54, 1.807) is 17.5 Å². The van der Waals surface area contributed by atoms with Gasteiger partial charge in [-0.3, -0.25) is 10.1 Å². The van der Waals surface area contributed by atoms with Gasteiger partial charge in [0.25, 0.3) is 10.0 Å². The van der Waals surface area contributed by atoms with Gasteiger partial charge in [-0.15, -0.1) is 16.4 Å². The molecular weight excluding hydrogens is 412 g/mol. The van der Waals surface area contributed by atoms with Crippen molar-refractivity contribution in [2.45, 2.75) is 36.4 Å². The average Bonchev–Trinajstić information content (AvgIpc) is 3.45. The first-order valence-electron chi connectivity index (χ1n) is 9.17. The Kier molecular flexibility index (Phi) is 5.48. The lowest BCUT2D eigenvalue weighted by Gasteiger charge is -2.21. The highest BCUT2D eigenvalue weighted by molar-refractivity contribution is 7.91. The Hall–Kier alpha value is -2.56. The van der Waals surface area contributed by atoms with Crippen molar-refractivity contribution in [3.05, 3.63) is 58.8 Å². The van der Waals surface area contributed by atoms with E-state index in [-0.39, 0.29) is 10.2 Å². The number of sulfonamides is 1. The summed E-state index contributed by atoms with van der Waals surface area (Å²) in [6.07, 6.45) is 1.51. The molecule has 0 radical (unpaired) electrons. The molecule has 152 valence electrons. The molecule has 3 aromatic rings. The standard InChI is InChI=1S/C19H20N4O4S2/c1-13-6-8-14(9-7-13)12-16-21-22-19(27-16)20-18(24)15-4-2-10-23(15)29(25,26)17-5-3-11-28-17/h3,5-9,11,15H,2,4,10,12H2,1H3,(H,20,22,24). The zero-order chi connectivity index (χ0) is 20.4. The van der Waals surface area contributed by atoms with Gasteiger partial charge >= 0.3 is 6.01 Å². The molecule has 1 aliphatic rings. The summed E-state index contributed by atoms with van der Waals surface area (Å²) in [5, 5.41) is 12.1. The number of anilines is 1. The lowest BCUT2D eigenvalue weighted by Crippen LogP contribution is -2.42.